The smallest absolute Gasteiger partial charge is 0.195 e. The maximum atomic E-state index is 9.44. The average molecular weight is 284 g/mol. The van der Waals surface area contributed by atoms with Crippen molar-refractivity contribution in [2.75, 3.05) is 0 Å². The predicted octanol–water partition coefficient (Wildman–Crippen LogP) is 3.72. The van der Waals surface area contributed by atoms with Crippen LogP contribution in [0.4, 0.5) is 0 Å². The highest BCUT2D eigenvalue weighted by Crippen LogP contribution is 2.30. The first kappa shape index (κ1) is 13.1. The molecule has 0 radical (unpaired) electrons. The number of hydrogen-bond donors (Lipinski definition) is 2. The number of phenolic OH excluding ortho intramolecular Hbond substituents is 1. The Kier molecular flexibility index (Phi) is 3.21. The third kappa shape index (κ3) is 2.28. The number of nitrogens with zero attached hydrogens (tertiary/aromatic N) is 2. The van der Waals surface area contributed by atoms with Crippen molar-refractivity contribution in [1.82, 2.24) is 14.8 Å². The highest BCUT2D eigenvalue weighted by atomic mass is 35.5. The Morgan fingerprint density at radius 1 is 1.39 bits per heavy atom. The van der Waals surface area contributed by atoms with E-state index in [1.54, 1.807) is 18.2 Å². The highest BCUT2D eigenvalue weighted by Gasteiger charge is 2.20. The molecule has 0 spiro atoms. The summed E-state index contributed by atoms with van der Waals surface area (Å²) in [7, 11) is 0. The number of aromatic amines is 1. The van der Waals surface area contributed by atoms with E-state index < -0.39 is 0 Å². The molecule has 0 aliphatic rings. The predicted molar refractivity (Wildman–Crippen MR) is 74.5 cm³/mol. The van der Waals surface area contributed by atoms with Gasteiger partial charge in [-0.1, -0.05) is 11.6 Å². The SMILES string of the molecule is CC(C)(C)n1c(-c2ccc(O)c(Cl)c2)n[nH]c1=S. The molecule has 0 atom stereocenters. The molecule has 0 saturated heterocycles. The summed E-state index contributed by atoms with van der Waals surface area (Å²) in [5.74, 6) is 0.756. The minimum Gasteiger partial charge on any atom is -0.506 e. The Morgan fingerprint density at radius 2 is 2.06 bits per heavy atom. The molecule has 0 aliphatic heterocycles. The monoisotopic (exact) mass is 283 g/mol. The molecule has 0 amide bonds. The molecule has 1 aromatic heterocycles. The zero-order chi connectivity index (χ0) is 13.5. The van der Waals surface area contributed by atoms with E-state index in [-0.39, 0.29) is 11.3 Å². The lowest BCUT2D eigenvalue weighted by atomic mass is 10.1. The van der Waals surface area contributed by atoms with E-state index in [0.29, 0.717) is 15.6 Å². The third-order valence-electron chi connectivity index (χ3n) is 2.55. The maximum absolute atomic E-state index is 9.44. The Balaban J connectivity index is 2.65. The van der Waals surface area contributed by atoms with Gasteiger partial charge in [0.15, 0.2) is 10.6 Å². The molecule has 0 bridgehead atoms. The van der Waals surface area contributed by atoms with E-state index in [2.05, 4.69) is 10.2 Å². The van der Waals surface area contributed by atoms with Gasteiger partial charge in [0.05, 0.1) is 5.02 Å². The largest absolute Gasteiger partial charge is 0.506 e. The molecule has 18 heavy (non-hydrogen) atoms. The van der Waals surface area contributed by atoms with Crippen LogP contribution < -0.4 is 0 Å². The fourth-order valence-electron chi connectivity index (χ4n) is 1.76. The Bertz CT molecular complexity index is 640. The number of hydrogen-bond acceptors (Lipinski definition) is 3. The molecule has 0 unspecified atom stereocenters. The summed E-state index contributed by atoms with van der Waals surface area (Å²) in [5, 5.41) is 16.7. The van der Waals surface area contributed by atoms with Crippen LogP contribution in [0.2, 0.25) is 5.02 Å². The number of aromatic hydroxyl groups is 1. The number of phenols is 1. The normalized spacial score (nSPS) is 11.8. The van der Waals surface area contributed by atoms with E-state index in [4.69, 9.17) is 23.8 Å². The van der Waals surface area contributed by atoms with Crippen molar-refractivity contribution in [3.8, 4) is 17.1 Å². The van der Waals surface area contributed by atoms with E-state index >= 15 is 0 Å². The van der Waals surface area contributed by atoms with Crippen LogP contribution in [0, 0.1) is 4.77 Å². The molecule has 96 valence electrons. The first-order valence-electron chi connectivity index (χ1n) is 5.47. The van der Waals surface area contributed by atoms with Crippen molar-refractivity contribution in [1.29, 1.82) is 0 Å². The van der Waals surface area contributed by atoms with Crippen LogP contribution in [-0.2, 0) is 5.54 Å². The summed E-state index contributed by atoms with van der Waals surface area (Å²) < 4.78 is 2.48. The number of benzene rings is 1. The van der Waals surface area contributed by atoms with Gasteiger partial charge in [-0.05, 0) is 51.2 Å². The van der Waals surface area contributed by atoms with E-state index in [1.807, 2.05) is 25.3 Å². The van der Waals surface area contributed by atoms with Crippen LogP contribution in [0.25, 0.3) is 11.4 Å². The van der Waals surface area contributed by atoms with Crippen LogP contribution in [-0.4, -0.2) is 19.9 Å². The number of nitrogens with one attached hydrogen (secondary N) is 1. The lowest BCUT2D eigenvalue weighted by Crippen LogP contribution is -2.22. The standard InChI is InChI=1S/C12H14ClN3OS/c1-12(2,3)16-10(14-15-11(16)18)7-4-5-9(17)8(13)6-7/h4-6,17H,1-3H3,(H,15,18). The molecule has 1 heterocycles. The number of H-pyrrole nitrogens is 1. The van der Waals surface area contributed by atoms with Crippen molar-refractivity contribution in [3.05, 3.63) is 28.0 Å². The van der Waals surface area contributed by atoms with Crippen LogP contribution in [0.3, 0.4) is 0 Å². The fourth-order valence-corrected chi connectivity index (χ4v) is 2.35. The summed E-state index contributed by atoms with van der Waals surface area (Å²) in [6.45, 7) is 6.14. The molecule has 2 N–H and O–H groups in total. The summed E-state index contributed by atoms with van der Waals surface area (Å²) in [5.41, 5.74) is 0.615. The van der Waals surface area contributed by atoms with Crippen LogP contribution in [0.15, 0.2) is 18.2 Å². The topological polar surface area (TPSA) is 53.8 Å². The third-order valence-corrected chi connectivity index (χ3v) is 3.13. The van der Waals surface area contributed by atoms with Crippen molar-refractivity contribution in [2.24, 2.45) is 0 Å². The molecule has 0 saturated carbocycles. The van der Waals surface area contributed by atoms with Gasteiger partial charge in [0, 0.05) is 11.1 Å². The quantitative estimate of drug-likeness (QED) is 0.784. The molecule has 0 aliphatic carbocycles. The van der Waals surface area contributed by atoms with Crippen LogP contribution in [0.1, 0.15) is 20.8 Å². The second-order valence-corrected chi connectivity index (χ2v) is 5.82. The summed E-state index contributed by atoms with van der Waals surface area (Å²) in [6, 6.07) is 4.97. The molecular weight excluding hydrogens is 270 g/mol. The zero-order valence-electron chi connectivity index (χ0n) is 10.4. The fraction of sp³-hybridized carbons (Fsp3) is 0.333. The van der Waals surface area contributed by atoms with E-state index in [1.165, 1.54) is 0 Å². The van der Waals surface area contributed by atoms with Gasteiger partial charge in [0.2, 0.25) is 0 Å². The van der Waals surface area contributed by atoms with Gasteiger partial charge >= 0.3 is 0 Å². The number of rotatable bonds is 1. The average Bonchev–Trinajstić information content (AvgIpc) is 2.64. The van der Waals surface area contributed by atoms with Gasteiger partial charge in [-0.15, -0.1) is 0 Å². The summed E-state index contributed by atoms with van der Waals surface area (Å²) in [6.07, 6.45) is 0. The summed E-state index contributed by atoms with van der Waals surface area (Å²) in [4.78, 5) is 0. The van der Waals surface area contributed by atoms with E-state index in [9.17, 15) is 5.11 Å². The van der Waals surface area contributed by atoms with Crippen molar-refractivity contribution in [3.63, 3.8) is 0 Å². The lowest BCUT2D eigenvalue weighted by Gasteiger charge is -2.22. The van der Waals surface area contributed by atoms with Crippen molar-refractivity contribution in [2.45, 2.75) is 26.3 Å². The summed E-state index contributed by atoms with van der Waals surface area (Å²) >= 11 is 11.2. The van der Waals surface area contributed by atoms with E-state index in [0.717, 1.165) is 5.56 Å². The second kappa shape index (κ2) is 4.40. The van der Waals surface area contributed by atoms with Crippen LogP contribution >= 0.6 is 23.8 Å². The molecule has 2 aromatic rings. The second-order valence-electron chi connectivity index (χ2n) is 5.02. The van der Waals surface area contributed by atoms with Gasteiger partial charge in [-0.25, -0.2) is 0 Å². The Morgan fingerprint density at radius 3 is 2.61 bits per heavy atom. The van der Waals surface area contributed by atoms with Crippen LogP contribution in [0.5, 0.6) is 5.75 Å². The lowest BCUT2D eigenvalue weighted by molar-refractivity contribution is 0.395. The zero-order valence-corrected chi connectivity index (χ0v) is 11.9. The van der Waals surface area contributed by atoms with Crippen molar-refractivity contribution < 1.29 is 5.11 Å². The molecule has 4 nitrogen and oxygen atoms in total. The Labute approximate surface area is 115 Å². The van der Waals surface area contributed by atoms with Gasteiger partial charge in [-0.3, -0.25) is 9.67 Å². The van der Waals surface area contributed by atoms with Gasteiger partial charge in [0.25, 0.3) is 0 Å². The molecular formula is C12H14ClN3OS. The molecule has 0 fully saturated rings. The van der Waals surface area contributed by atoms with Crippen molar-refractivity contribution >= 4 is 23.8 Å². The maximum Gasteiger partial charge on any atom is 0.195 e. The first-order valence-corrected chi connectivity index (χ1v) is 6.26. The Hall–Kier alpha value is -1.33. The number of halogens is 1. The molecule has 1 aromatic carbocycles. The number of aromatic nitrogens is 3. The van der Waals surface area contributed by atoms with Gasteiger partial charge in [0.1, 0.15) is 5.75 Å². The minimum atomic E-state index is -0.191. The first-order chi connectivity index (χ1) is 8.30. The van der Waals surface area contributed by atoms with Gasteiger partial charge < -0.3 is 5.11 Å². The molecule has 2 rings (SSSR count). The minimum absolute atomic E-state index is 0.0526. The highest BCUT2D eigenvalue weighted by molar-refractivity contribution is 7.71. The van der Waals surface area contributed by atoms with Gasteiger partial charge in [-0.2, -0.15) is 5.10 Å². The molecule has 6 heteroatoms.